The van der Waals surface area contributed by atoms with Crippen LogP contribution in [0.5, 0.6) is 5.75 Å². The molecule has 0 saturated heterocycles. The van der Waals surface area contributed by atoms with Gasteiger partial charge >= 0.3 is 0 Å². The van der Waals surface area contributed by atoms with E-state index >= 15 is 0 Å². The number of halogens is 1. The molecule has 1 aromatic carbocycles. The number of benzene rings is 1. The van der Waals surface area contributed by atoms with E-state index in [2.05, 4.69) is 26.0 Å². The molecule has 3 saturated carbocycles. The molecule has 4 aliphatic carbocycles. The quantitative estimate of drug-likeness (QED) is 0.486. The summed E-state index contributed by atoms with van der Waals surface area (Å²) in [7, 11) is 0. The van der Waals surface area contributed by atoms with Gasteiger partial charge in [-0.25, -0.2) is 0 Å². The Morgan fingerprint density at radius 1 is 0.963 bits per heavy atom. The second-order valence-corrected chi connectivity index (χ2v) is 10.7. The lowest BCUT2D eigenvalue weighted by molar-refractivity contribution is -0.0746. The van der Waals surface area contributed by atoms with Crippen LogP contribution < -0.4 is 4.74 Å². The van der Waals surface area contributed by atoms with Crippen LogP contribution in [0.2, 0.25) is 5.02 Å². The molecule has 0 aromatic heterocycles. The molecule has 4 aliphatic rings. The molecule has 1 nitrogen and oxygen atoms in total. The fourth-order valence-corrected chi connectivity index (χ4v) is 7.67. The highest BCUT2D eigenvalue weighted by Crippen LogP contribution is 2.65. The maximum atomic E-state index is 6.28. The second kappa shape index (κ2) is 6.55. The van der Waals surface area contributed by atoms with Crippen LogP contribution >= 0.6 is 11.6 Å². The van der Waals surface area contributed by atoms with Crippen molar-refractivity contribution >= 4 is 11.6 Å². The first-order valence-corrected chi connectivity index (χ1v) is 11.5. The largest absolute Gasteiger partial charge is 0.486 e. The Morgan fingerprint density at radius 3 is 2.59 bits per heavy atom. The maximum absolute atomic E-state index is 6.28. The molecule has 1 unspecified atom stereocenters. The molecule has 27 heavy (non-hydrogen) atoms. The van der Waals surface area contributed by atoms with Crippen molar-refractivity contribution in [2.45, 2.75) is 71.3 Å². The number of rotatable bonds is 2. The molecule has 0 aliphatic heterocycles. The van der Waals surface area contributed by atoms with Gasteiger partial charge in [0.15, 0.2) is 0 Å². The molecule has 7 atom stereocenters. The monoisotopic (exact) mass is 384 g/mol. The van der Waals surface area contributed by atoms with Gasteiger partial charge < -0.3 is 4.74 Å². The number of fused-ring (bicyclic) bond motifs is 5. The first kappa shape index (κ1) is 18.1. The molecule has 0 N–H and O–H groups in total. The summed E-state index contributed by atoms with van der Waals surface area (Å²) in [6.45, 7) is 5.17. The van der Waals surface area contributed by atoms with E-state index in [1.807, 2.05) is 24.3 Å². The summed E-state index contributed by atoms with van der Waals surface area (Å²) in [5.74, 6) is 4.55. The predicted octanol–water partition coefficient (Wildman–Crippen LogP) is 7.30. The Bertz CT molecular complexity index is 724. The van der Waals surface area contributed by atoms with Crippen molar-refractivity contribution in [3.8, 4) is 5.75 Å². The van der Waals surface area contributed by atoms with Gasteiger partial charge in [-0.05, 0) is 110 Å². The van der Waals surface area contributed by atoms with Gasteiger partial charge in [-0.15, -0.1) is 0 Å². The number of hydrogen-bond acceptors (Lipinski definition) is 1. The molecular weight excluding hydrogens is 352 g/mol. The van der Waals surface area contributed by atoms with Crippen LogP contribution in [-0.4, -0.2) is 6.10 Å². The number of ether oxygens (including phenoxy) is 1. The summed E-state index contributed by atoms with van der Waals surface area (Å²) in [5, 5.41) is 0.767. The van der Waals surface area contributed by atoms with E-state index in [0.717, 1.165) is 34.4 Å². The van der Waals surface area contributed by atoms with Crippen molar-refractivity contribution in [1.82, 2.24) is 0 Å². The lowest BCUT2D eigenvalue weighted by atomic mass is 9.46. The summed E-state index contributed by atoms with van der Waals surface area (Å²) in [6, 6.07) is 7.81. The Labute approximate surface area is 169 Å². The van der Waals surface area contributed by atoms with Crippen molar-refractivity contribution in [3.05, 3.63) is 41.4 Å². The van der Waals surface area contributed by atoms with E-state index in [9.17, 15) is 0 Å². The minimum absolute atomic E-state index is 0.209. The van der Waals surface area contributed by atoms with E-state index in [1.165, 1.54) is 51.4 Å². The minimum atomic E-state index is 0.209. The molecule has 0 bridgehead atoms. The molecule has 0 amide bonds. The van der Waals surface area contributed by atoms with Crippen molar-refractivity contribution in [3.63, 3.8) is 0 Å². The third-order valence-corrected chi connectivity index (χ3v) is 9.29. The third kappa shape index (κ3) is 2.96. The third-order valence-electron chi connectivity index (χ3n) is 9.03. The summed E-state index contributed by atoms with van der Waals surface area (Å²) >= 11 is 6.01. The van der Waals surface area contributed by atoms with Crippen molar-refractivity contribution in [2.24, 2.45) is 34.5 Å². The van der Waals surface area contributed by atoms with E-state index < -0.39 is 0 Å². The lowest BCUT2D eigenvalue weighted by Gasteiger charge is -2.58. The summed E-state index contributed by atoms with van der Waals surface area (Å²) in [5.41, 5.74) is 1.04. The van der Waals surface area contributed by atoms with Crippen LogP contribution in [0.3, 0.4) is 0 Å². The van der Waals surface area contributed by atoms with E-state index in [0.29, 0.717) is 10.8 Å². The Hall–Kier alpha value is -0.950. The zero-order valence-electron chi connectivity index (χ0n) is 16.8. The summed E-state index contributed by atoms with van der Waals surface area (Å²) in [4.78, 5) is 0. The Kier molecular flexibility index (Phi) is 4.39. The van der Waals surface area contributed by atoms with Crippen molar-refractivity contribution in [2.75, 3.05) is 0 Å². The highest BCUT2D eigenvalue weighted by Gasteiger charge is 2.57. The molecule has 2 heteroatoms. The van der Waals surface area contributed by atoms with Gasteiger partial charge in [0.2, 0.25) is 0 Å². The smallest absolute Gasteiger partial charge is 0.120 e. The molecule has 0 spiro atoms. The van der Waals surface area contributed by atoms with Gasteiger partial charge in [-0.2, -0.15) is 0 Å². The van der Waals surface area contributed by atoms with Gasteiger partial charge in [0.1, 0.15) is 11.9 Å². The summed E-state index contributed by atoms with van der Waals surface area (Å²) in [6.07, 6.45) is 16.5. The molecule has 1 aromatic rings. The molecular formula is C25H33ClO. The van der Waals surface area contributed by atoms with Crippen molar-refractivity contribution in [1.29, 1.82) is 0 Å². The van der Waals surface area contributed by atoms with Gasteiger partial charge in [0.05, 0.1) is 0 Å². The van der Waals surface area contributed by atoms with Crippen LogP contribution in [0.4, 0.5) is 0 Å². The van der Waals surface area contributed by atoms with Crippen LogP contribution in [0.1, 0.15) is 65.2 Å². The Morgan fingerprint density at radius 2 is 1.78 bits per heavy atom. The average Bonchev–Trinajstić information content (AvgIpc) is 3.06. The topological polar surface area (TPSA) is 9.23 Å². The van der Waals surface area contributed by atoms with Crippen LogP contribution in [-0.2, 0) is 0 Å². The molecule has 3 fully saturated rings. The second-order valence-electron chi connectivity index (χ2n) is 10.3. The van der Waals surface area contributed by atoms with Crippen molar-refractivity contribution < 1.29 is 4.74 Å². The molecule has 0 heterocycles. The zero-order chi connectivity index (χ0) is 18.6. The number of hydrogen-bond donors (Lipinski definition) is 0. The number of allylic oxidation sites excluding steroid dienone is 1. The minimum Gasteiger partial charge on any atom is -0.486 e. The van der Waals surface area contributed by atoms with Gasteiger partial charge in [0.25, 0.3) is 0 Å². The van der Waals surface area contributed by atoms with Gasteiger partial charge in [0, 0.05) is 5.02 Å². The van der Waals surface area contributed by atoms with E-state index in [1.54, 1.807) is 0 Å². The Balaban J connectivity index is 1.35. The summed E-state index contributed by atoms with van der Waals surface area (Å²) < 4.78 is 6.28. The van der Waals surface area contributed by atoms with E-state index in [4.69, 9.17) is 16.3 Å². The predicted molar refractivity (Wildman–Crippen MR) is 112 cm³/mol. The highest BCUT2D eigenvalue weighted by molar-refractivity contribution is 6.30. The lowest BCUT2D eigenvalue weighted by Crippen LogP contribution is -2.52. The molecule has 0 radical (unpaired) electrons. The first-order valence-electron chi connectivity index (χ1n) is 11.1. The van der Waals surface area contributed by atoms with Gasteiger partial charge in [-0.3, -0.25) is 0 Å². The van der Waals surface area contributed by atoms with Crippen LogP contribution in [0, 0.1) is 34.5 Å². The zero-order valence-corrected chi connectivity index (χ0v) is 17.5. The highest BCUT2D eigenvalue weighted by atomic mass is 35.5. The fourth-order valence-electron chi connectivity index (χ4n) is 7.54. The van der Waals surface area contributed by atoms with Crippen LogP contribution in [0.25, 0.3) is 0 Å². The molecule has 5 rings (SSSR count). The average molecular weight is 385 g/mol. The molecule has 146 valence electrons. The fraction of sp³-hybridized carbons (Fsp3) is 0.680. The van der Waals surface area contributed by atoms with Gasteiger partial charge in [-0.1, -0.05) is 37.9 Å². The SMILES string of the molecule is C[C@@]12CCC[C@H]1[C@@H]1CC[C@H]3CC(Oc4ccc(Cl)cc4)C=C[C@]3(C)[C@H]1CC2. The standard InChI is InChI=1S/C25H33ClO/c1-24-13-3-4-22(24)21-10-5-17-16-20(27-19-8-6-18(26)7-9-19)11-15-25(17,2)23(21)12-14-24/h6-9,11,15,17,20-23H,3-5,10,12-14,16H2,1-2H3/t17-,20?,21-,22-,23-,24-,25-/m0/s1. The maximum Gasteiger partial charge on any atom is 0.120 e. The first-order chi connectivity index (χ1) is 13.0. The normalized spacial score (nSPS) is 45.7. The van der Waals surface area contributed by atoms with Crippen LogP contribution in [0.15, 0.2) is 36.4 Å². The van der Waals surface area contributed by atoms with E-state index in [-0.39, 0.29) is 6.10 Å².